The third kappa shape index (κ3) is 2.89. The first-order valence-corrected chi connectivity index (χ1v) is 9.13. The molecule has 0 radical (unpaired) electrons. The Morgan fingerprint density at radius 3 is 2.95 bits per heavy atom. The van der Waals surface area contributed by atoms with Gasteiger partial charge >= 0.3 is 0 Å². The highest BCUT2D eigenvalue weighted by atomic mass is 35.5. The summed E-state index contributed by atoms with van der Waals surface area (Å²) in [4.78, 5) is 17.3. The first kappa shape index (κ1) is 14.4. The van der Waals surface area contributed by atoms with E-state index in [0.717, 1.165) is 37.1 Å². The van der Waals surface area contributed by atoms with Gasteiger partial charge in [0.2, 0.25) is 0 Å². The predicted molar refractivity (Wildman–Crippen MR) is 85.0 cm³/mol. The number of hydrogen-bond acceptors (Lipinski definition) is 2. The quantitative estimate of drug-likeness (QED) is 0.764. The molecule has 0 N–H and O–H groups in total. The Bertz CT molecular complexity index is 459. The van der Waals surface area contributed by atoms with E-state index in [1.165, 1.54) is 36.1 Å². The zero-order valence-electron chi connectivity index (χ0n) is 11.9. The predicted octanol–water partition coefficient (Wildman–Crippen LogP) is 4.25. The SMILES string of the molecule is O=C(c1cc2c(s1)CCCC2)N1CCCCC1CCCl. The van der Waals surface area contributed by atoms with Crippen molar-refractivity contribution in [3.63, 3.8) is 0 Å². The van der Waals surface area contributed by atoms with Crippen molar-refractivity contribution >= 4 is 28.8 Å². The van der Waals surface area contributed by atoms with E-state index < -0.39 is 0 Å². The maximum absolute atomic E-state index is 12.8. The van der Waals surface area contributed by atoms with Crippen molar-refractivity contribution in [1.82, 2.24) is 4.90 Å². The standard InChI is InChI=1S/C16H22ClNOS/c17-9-8-13-6-3-4-10-18(13)16(19)15-11-12-5-1-2-7-14(12)20-15/h11,13H,1-10H2. The number of carbonyl (C=O) groups is 1. The lowest BCUT2D eigenvalue weighted by atomic mass is 9.98. The largest absolute Gasteiger partial charge is 0.335 e. The monoisotopic (exact) mass is 311 g/mol. The molecule has 20 heavy (non-hydrogen) atoms. The summed E-state index contributed by atoms with van der Waals surface area (Å²) in [6.45, 7) is 0.906. The molecule has 1 aromatic rings. The second kappa shape index (κ2) is 6.48. The lowest BCUT2D eigenvalue weighted by molar-refractivity contribution is 0.0614. The van der Waals surface area contributed by atoms with Crippen molar-refractivity contribution in [1.29, 1.82) is 0 Å². The number of amides is 1. The second-order valence-corrected chi connectivity index (χ2v) is 7.41. The molecular formula is C16H22ClNOS. The van der Waals surface area contributed by atoms with Gasteiger partial charge in [-0.3, -0.25) is 4.79 Å². The first-order valence-electron chi connectivity index (χ1n) is 7.78. The van der Waals surface area contributed by atoms with Gasteiger partial charge < -0.3 is 4.90 Å². The average Bonchev–Trinajstić information content (AvgIpc) is 2.91. The molecule has 2 aliphatic rings. The zero-order valence-corrected chi connectivity index (χ0v) is 13.4. The van der Waals surface area contributed by atoms with Crippen molar-refractivity contribution in [2.75, 3.05) is 12.4 Å². The Balaban J connectivity index is 1.78. The van der Waals surface area contributed by atoms with Gasteiger partial charge in [-0.05, 0) is 63.0 Å². The molecule has 0 saturated carbocycles. The maximum atomic E-state index is 12.8. The fourth-order valence-electron chi connectivity index (χ4n) is 3.43. The van der Waals surface area contributed by atoms with Crippen LogP contribution in [0, 0.1) is 0 Å². The Kier molecular flexibility index (Phi) is 4.67. The molecule has 1 aromatic heterocycles. The van der Waals surface area contributed by atoms with Crippen LogP contribution < -0.4 is 0 Å². The van der Waals surface area contributed by atoms with E-state index in [0.29, 0.717) is 11.9 Å². The van der Waals surface area contributed by atoms with Crippen LogP contribution in [0.2, 0.25) is 0 Å². The van der Waals surface area contributed by atoms with Crippen LogP contribution in [-0.2, 0) is 12.8 Å². The third-order valence-corrected chi connectivity index (χ3v) is 5.98. The van der Waals surface area contributed by atoms with E-state index in [1.807, 2.05) is 0 Å². The summed E-state index contributed by atoms with van der Waals surface area (Å²) in [6, 6.07) is 2.52. The van der Waals surface area contributed by atoms with E-state index in [-0.39, 0.29) is 5.91 Å². The highest BCUT2D eigenvalue weighted by Crippen LogP contribution is 2.32. The van der Waals surface area contributed by atoms with Gasteiger partial charge in [0.05, 0.1) is 4.88 Å². The number of piperidine rings is 1. The summed E-state index contributed by atoms with van der Waals surface area (Å²) in [5.74, 6) is 0.897. The van der Waals surface area contributed by atoms with E-state index in [1.54, 1.807) is 11.3 Å². The van der Waals surface area contributed by atoms with Crippen LogP contribution in [0.15, 0.2) is 6.07 Å². The molecule has 1 aliphatic heterocycles. The van der Waals surface area contributed by atoms with Crippen LogP contribution in [0.1, 0.15) is 58.6 Å². The topological polar surface area (TPSA) is 20.3 Å². The molecule has 0 spiro atoms. The smallest absolute Gasteiger partial charge is 0.264 e. The summed E-state index contributed by atoms with van der Waals surface area (Å²) in [5, 5.41) is 0. The van der Waals surface area contributed by atoms with Crippen LogP contribution in [0.25, 0.3) is 0 Å². The maximum Gasteiger partial charge on any atom is 0.264 e. The lowest BCUT2D eigenvalue weighted by Gasteiger charge is -2.35. The highest BCUT2D eigenvalue weighted by Gasteiger charge is 2.28. The number of carbonyl (C=O) groups excluding carboxylic acids is 1. The van der Waals surface area contributed by atoms with Crippen molar-refractivity contribution in [2.24, 2.45) is 0 Å². The number of aryl methyl sites for hydroxylation is 2. The number of rotatable bonds is 3. The summed E-state index contributed by atoms with van der Waals surface area (Å²) in [6.07, 6.45) is 9.28. The Morgan fingerprint density at radius 1 is 1.30 bits per heavy atom. The molecule has 4 heteroatoms. The normalized spacial score (nSPS) is 22.6. The van der Waals surface area contributed by atoms with Crippen molar-refractivity contribution in [3.05, 3.63) is 21.4 Å². The van der Waals surface area contributed by atoms with Crippen molar-refractivity contribution < 1.29 is 4.79 Å². The minimum Gasteiger partial charge on any atom is -0.335 e. The Labute approximate surface area is 130 Å². The Hall–Kier alpha value is -0.540. The number of fused-ring (bicyclic) bond motifs is 1. The zero-order chi connectivity index (χ0) is 13.9. The van der Waals surface area contributed by atoms with Gasteiger partial charge in [-0.15, -0.1) is 22.9 Å². The van der Waals surface area contributed by atoms with E-state index in [4.69, 9.17) is 11.6 Å². The number of hydrogen-bond donors (Lipinski definition) is 0. The summed E-state index contributed by atoms with van der Waals surface area (Å²) < 4.78 is 0. The Morgan fingerprint density at radius 2 is 2.15 bits per heavy atom. The third-order valence-electron chi connectivity index (χ3n) is 4.54. The molecule has 0 bridgehead atoms. The lowest BCUT2D eigenvalue weighted by Crippen LogP contribution is -2.43. The van der Waals surface area contributed by atoms with E-state index in [9.17, 15) is 4.79 Å². The molecule has 2 heterocycles. The number of nitrogens with zero attached hydrogens (tertiary/aromatic N) is 1. The molecule has 0 aromatic carbocycles. The molecule has 1 unspecified atom stereocenters. The molecule has 1 fully saturated rings. The molecule has 1 amide bonds. The van der Waals surface area contributed by atoms with Crippen LogP contribution in [0.5, 0.6) is 0 Å². The average molecular weight is 312 g/mol. The van der Waals surface area contributed by atoms with Crippen molar-refractivity contribution in [2.45, 2.75) is 57.4 Å². The van der Waals surface area contributed by atoms with Crippen LogP contribution in [0.4, 0.5) is 0 Å². The number of thiophene rings is 1. The molecule has 2 nitrogen and oxygen atoms in total. The van der Waals surface area contributed by atoms with Gasteiger partial charge in [-0.25, -0.2) is 0 Å². The van der Waals surface area contributed by atoms with Crippen LogP contribution in [0.3, 0.4) is 0 Å². The number of halogens is 1. The summed E-state index contributed by atoms with van der Waals surface area (Å²) >= 11 is 7.63. The molecular weight excluding hydrogens is 290 g/mol. The minimum atomic E-state index is 0.249. The van der Waals surface area contributed by atoms with Gasteiger partial charge in [-0.1, -0.05) is 0 Å². The minimum absolute atomic E-state index is 0.249. The van der Waals surface area contributed by atoms with Gasteiger partial charge in [0, 0.05) is 23.3 Å². The summed E-state index contributed by atoms with van der Waals surface area (Å²) in [5.41, 5.74) is 1.43. The van der Waals surface area contributed by atoms with E-state index in [2.05, 4.69) is 11.0 Å². The van der Waals surface area contributed by atoms with E-state index >= 15 is 0 Å². The van der Waals surface area contributed by atoms with Crippen molar-refractivity contribution in [3.8, 4) is 0 Å². The number of alkyl halides is 1. The molecule has 3 rings (SSSR count). The number of likely N-dealkylation sites (tertiary alicyclic amines) is 1. The van der Waals surface area contributed by atoms with Crippen LogP contribution >= 0.6 is 22.9 Å². The van der Waals surface area contributed by atoms with Crippen LogP contribution in [-0.4, -0.2) is 29.3 Å². The first-order chi connectivity index (χ1) is 9.79. The second-order valence-electron chi connectivity index (χ2n) is 5.89. The fraction of sp³-hybridized carbons (Fsp3) is 0.688. The molecule has 1 atom stereocenters. The summed E-state index contributed by atoms with van der Waals surface area (Å²) in [7, 11) is 0. The van der Waals surface area contributed by atoms with Gasteiger partial charge in [0.25, 0.3) is 5.91 Å². The molecule has 1 aliphatic carbocycles. The van der Waals surface area contributed by atoms with Gasteiger partial charge in [-0.2, -0.15) is 0 Å². The highest BCUT2D eigenvalue weighted by molar-refractivity contribution is 7.14. The molecule has 1 saturated heterocycles. The van der Waals surface area contributed by atoms with Gasteiger partial charge in [0.1, 0.15) is 0 Å². The fourth-order valence-corrected chi connectivity index (χ4v) is 4.89. The van der Waals surface area contributed by atoms with Gasteiger partial charge in [0.15, 0.2) is 0 Å². The molecule has 110 valence electrons.